The van der Waals surface area contributed by atoms with Crippen LogP contribution in [0, 0.1) is 11.8 Å². The Morgan fingerprint density at radius 2 is 1.77 bits per heavy atom. The molecule has 3 rings (SSSR count). The van der Waals surface area contributed by atoms with Crippen LogP contribution in [0.1, 0.15) is 49.9 Å². The monoisotopic (exact) mass is 449 g/mol. The van der Waals surface area contributed by atoms with E-state index in [1.807, 2.05) is 0 Å². The summed E-state index contributed by atoms with van der Waals surface area (Å²) in [7, 11) is 0. The number of hydrogen-bond acceptors (Lipinski definition) is 5. The van der Waals surface area contributed by atoms with Crippen molar-refractivity contribution < 1.29 is 24.2 Å². The summed E-state index contributed by atoms with van der Waals surface area (Å²) in [6.45, 7) is 3.51. The van der Waals surface area contributed by atoms with Gasteiger partial charge in [0, 0.05) is 16.0 Å². The molecule has 2 atom stereocenters. The third kappa shape index (κ3) is 5.02. The van der Waals surface area contributed by atoms with Gasteiger partial charge in [-0.2, -0.15) is 0 Å². The number of esters is 1. The Kier molecular flexibility index (Phi) is 7.15. The molecule has 30 heavy (non-hydrogen) atoms. The smallest absolute Gasteiger partial charge is 0.342 e. The fourth-order valence-corrected chi connectivity index (χ4v) is 4.80. The van der Waals surface area contributed by atoms with Gasteiger partial charge in [-0.1, -0.05) is 36.6 Å². The molecule has 1 aliphatic carbocycles. The van der Waals surface area contributed by atoms with Crippen LogP contribution in [-0.4, -0.2) is 29.1 Å². The maximum Gasteiger partial charge on any atom is 0.342 e. The minimum absolute atomic E-state index is 0.270. The third-order valence-electron chi connectivity index (χ3n) is 5.15. The maximum absolute atomic E-state index is 12.9. The number of nitrogens with one attached hydrogen (secondary N) is 1. The van der Waals surface area contributed by atoms with Gasteiger partial charge in [0.25, 0.3) is 0 Å². The standard InChI is InChI=1S/C22H24ClNO5S/c1-12(2)29-22(28)18-17(13-7-9-14(23)10-8-13)11-30-20(18)24-19(25)15-5-3-4-6-16(15)21(26)27/h7-12,15-16H,3-6H2,1-2H3,(H,24,25)(H,26,27)/t15-,16-/m1/s1. The molecule has 2 N–H and O–H groups in total. The highest BCUT2D eigenvalue weighted by molar-refractivity contribution is 7.15. The van der Waals surface area contributed by atoms with E-state index in [1.165, 1.54) is 11.3 Å². The predicted molar refractivity (Wildman–Crippen MR) is 117 cm³/mol. The minimum atomic E-state index is -0.956. The van der Waals surface area contributed by atoms with E-state index in [0.717, 1.165) is 18.4 Å². The average Bonchev–Trinajstić information content (AvgIpc) is 3.11. The quantitative estimate of drug-likeness (QED) is 0.571. The number of carboxylic acids is 1. The zero-order valence-corrected chi connectivity index (χ0v) is 18.4. The van der Waals surface area contributed by atoms with Gasteiger partial charge in [0.05, 0.1) is 17.9 Å². The lowest BCUT2D eigenvalue weighted by atomic mass is 9.79. The van der Waals surface area contributed by atoms with E-state index in [2.05, 4.69) is 5.32 Å². The van der Waals surface area contributed by atoms with Crippen molar-refractivity contribution in [2.75, 3.05) is 5.32 Å². The molecule has 0 bridgehead atoms. The molecule has 0 radical (unpaired) electrons. The molecule has 0 unspecified atom stereocenters. The number of anilines is 1. The number of rotatable bonds is 6. The van der Waals surface area contributed by atoms with Gasteiger partial charge in [-0.3, -0.25) is 9.59 Å². The molecular formula is C22H24ClNO5S. The van der Waals surface area contributed by atoms with Crippen molar-refractivity contribution in [3.05, 3.63) is 40.2 Å². The number of halogens is 1. The number of thiophene rings is 1. The van der Waals surface area contributed by atoms with Crippen molar-refractivity contribution in [1.29, 1.82) is 0 Å². The van der Waals surface area contributed by atoms with Crippen molar-refractivity contribution in [2.24, 2.45) is 11.8 Å². The van der Waals surface area contributed by atoms with Gasteiger partial charge in [0.2, 0.25) is 5.91 Å². The number of benzene rings is 1. The van der Waals surface area contributed by atoms with Crippen molar-refractivity contribution in [3.63, 3.8) is 0 Å². The molecule has 1 aliphatic rings. The average molecular weight is 450 g/mol. The fraction of sp³-hybridized carbons (Fsp3) is 0.409. The first kappa shape index (κ1) is 22.3. The number of carboxylic acid groups (broad SMARTS) is 1. The van der Waals surface area contributed by atoms with Crippen LogP contribution in [0.4, 0.5) is 5.00 Å². The van der Waals surface area contributed by atoms with E-state index in [-0.39, 0.29) is 17.6 Å². The Balaban J connectivity index is 1.93. The molecule has 0 aliphatic heterocycles. The molecule has 8 heteroatoms. The van der Waals surface area contributed by atoms with Crippen LogP contribution in [0.5, 0.6) is 0 Å². The summed E-state index contributed by atoms with van der Waals surface area (Å²) in [5, 5.41) is 15.0. The van der Waals surface area contributed by atoms with Gasteiger partial charge in [-0.15, -0.1) is 11.3 Å². The van der Waals surface area contributed by atoms with E-state index in [4.69, 9.17) is 16.3 Å². The number of carbonyl (C=O) groups excluding carboxylic acids is 2. The second-order valence-electron chi connectivity index (χ2n) is 7.64. The third-order valence-corrected chi connectivity index (χ3v) is 6.30. The van der Waals surface area contributed by atoms with Crippen molar-refractivity contribution >= 4 is 45.8 Å². The first-order valence-corrected chi connectivity index (χ1v) is 11.2. The Hall–Kier alpha value is -2.38. The molecule has 1 aromatic carbocycles. The van der Waals surface area contributed by atoms with Gasteiger partial charge in [0.15, 0.2) is 0 Å². The fourth-order valence-electron chi connectivity index (χ4n) is 3.71. The lowest BCUT2D eigenvalue weighted by Gasteiger charge is -2.27. The minimum Gasteiger partial charge on any atom is -0.481 e. The van der Waals surface area contributed by atoms with Crippen LogP contribution < -0.4 is 5.32 Å². The van der Waals surface area contributed by atoms with Crippen LogP contribution in [0.25, 0.3) is 11.1 Å². The normalized spacial score (nSPS) is 18.8. The summed E-state index contributed by atoms with van der Waals surface area (Å²) in [5.41, 5.74) is 1.68. The van der Waals surface area contributed by atoms with Crippen molar-refractivity contribution in [2.45, 2.75) is 45.6 Å². The van der Waals surface area contributed by atoms with Gasteiger partial charge in [-0.05, 0) is 44.4 Å². The first-order valence-electron chi connectivity index (χ1n) is 9.90. The SMILES string of the molecule is CC(C)OC(=O)c1c(-c2ccc(Cl)cc2)csc1NC(=O)[C@@H]1CCCC[C@H]1C(=O)O. The van der Waals surface area contributed by atoms with E-state index in [9.17, 15) is 19.5 Å². The molecule has 1 aromatic heterocycles. The first-order chi connectivity index (χ1) is 14.3. The van der Waals surface area contributed by atoms with Crippen LogP contribution in [0.2, 0.25) is 5.02 Å². The summed E-state index contributed by atoms with van der Waals surface area (Å²) in [5.74, 6) is -3.19. The Bertz CT molecular complexity index is 938. The highest BCUT2D eigenvalue weighted by atomic mass is 35.5. The highest BCUT2D eigenvalue weighted by Crippen LogP contribution is 2.38. The number of carbonyl (C=O) groups is 3. The zero-order valence-electron chi connectivity index (χ0n) is 16.8. The number of ether oxygens (including phenoxy) is 1. The number of aliphatic carboxylic acids is 1. The lowest BCUT2D eigenvalue weighted by Crippen LogP contribution is -2.36. The summed E-state index contributed by atoms with van der Waals surface area (Å²) in [6, 6.07) is 7.04. The molecule has 2 aromatic rings. The van der Waals surface area contributed by atoms with Gasteiger partial charge in [-0.25, -0.2) is 4.79 Å². The van der Waals surface area contributed by atoms with Crippen molar-refractivity contribution in [3.8, 4) is 11.1 Å². The lowest BCUT2D eigenvalue weighted by molar-refractivity contribution is -0.147. The number of hydrogen-bond donors (Lipinski definition) is 2. The Morgan fingerprint density at radius 1 is 1.13 bits per heavy atom. The van der Waals surface area contributed by atoms with Gasteiger partial charge < -0.3 is 15.2 Å². The van der Waals surface area contributed by atoms with Gasteiger partial charge >= 0.3 is 11.9 Å². The second kappa shape index (κ2) is 9.62. The Morgan fingerprint density at radius 3 is 2.37 bits per heavy atom. The molecule has 0 spiro atoms. The predicted octanol–water partition coefficient (Wildman–Crippen LogP) is 5.46. The molecule has 1 amide bonds. The molecule has 0 saturated heterocycles. The maximum atomic E-state index is 12.9. The molecular weight excluding hydrogens is 426 g/mol. The summed E-state index contributed by atoms with van der Waals surface area (Å²) < 4.78 is 5.40. The van der Waals surface area contributed by atoms with E-state index >= 15 is 0 Å². The van der Waals surface area contributed by atoms with E-state index < -0.39 is 23.8 Å². The van der Waals surface area contributed by atoms with Crippen molar-refractivity contribution in [1.82, 2.24) is 0 Å². The summed E-state index contributed by atoms with van der Waals surface area (Å²) in [6.07, 6.45) is 2.28. The van der Waals surface area contributed by atoms with E-state index in [0.29, 0.717) is 28.4 Å². The summed E-state index contributed by atoms with van der Waals surface area (Å²) >= 11 is 7.19. The topological polar surface area (TPSA) is 92.7 Å². The van der Waals surface area contributed by atoms with Crippen LogP contribution >= 0.6 is 22.9 Å². The zero-order chi connectivity index (χ0) is 21.8. The molecule has 1 fully saturated rings. The highest BCUT2D eigenvalue weighted by Gasteiger charge is 2.36. The molecule has 6 nitrogen and oxygen atoms in total. The molecule has 1 heterocycles. The Labute approximate surface area is 184 Å². The second-order valence-corrected chi connectivity index (χ2v) is 8.96. The van der Waals surface area contributed by atoms with Crippen LogP contribution in [0.3, 0.4) is 0 Å². The number of amides is 1. The van der Waals surface area contributed by atoms with Crippen LogP contribution in [-0.2, 0) is 14.3 Å². The largest absolute Gasteiger partial charge is 0.481 e. The van der Waals surface area contributed by atoms with Crippen LogP contribution in [0.15, 0.2) is 29.6 Å². The molecule has 160 valence electrons. The molecule has 1 saturated carbocycles. The van der Waals surface area contributed by atoms with E-state index in [1.54, 1.807) is 43.5 Å². The summed E-state index contributed by atoms with van der Waals surface area (Å²) in [4.78, 5) is 37.3. The van der Waals surface area contributed by atoms with Gasteiger partial charge in [0.1, 0.15) is 10.6 Å².